The molecule has 2 aromatic rings. The van der Waals surface area contributed by atoms with Crippen LogP contribution in [0.5, 0.6) is 0 Å². The lowest BCUT2D eigenvalue weighted by molar-refractivity contribution is 0.104. The van der Waals surface area contributed by atoms with Gasteiger partial charge in [0.25, 0.3) is 0 Å². The third kappa shape index (κ3) is 2.90. The number of carbonyl (C=O) groups excluding carboxylic acids is 1. The zero-order valence-corrected chi connectivity index (χ0v) is 11.1. The molecular weight excluding hydrogens is 250 g/mol. The molecule has 0 atom stereocenters. The van der Waals surface area contributed by atoms with Gasteiger partial charge in [0.2, 0.25) is 5.78 Å². The maximum atomic E-state index is 12.2. The predicted molar refractivity (Wildman–Crippen MR) is 75.0 cm³/mol. The van der Waals surface area contributed by atoms with Gasteiger partial charge in [0, 0.05) is 11.3 Å². The molecule has 0 aliphatic carbocycles. The van der Waals surface area contributed by atoms with E-state index in [4.69, 9.17) is 5.73 Å². The standard InChI is InChI=1S/C13H13NOS2/c1-2-16-12-7-6-11(17-12)13(15)9-4-3-5-10(14)8-9/h3-8H,2,14H2,1H3. The molecule has 0 aliphatic heterocycles. The largest absolute Gasteiger partial charge is 0.399 e. The molecule has 0 saturated carbocycles. The van der Waals surface area contributed by atoms with Gasteiger partial charge < -0.3 is 5.73 Å². The first kappa shape index (κ1) is 12.2. The van der Waals surface area contributed by atoms with Crippen molar-refractivity contribution in [1.82, 2.24) is 0 Å². The van der Waals surface area contributed by atoms with Crippen LogP contribution in [0.15, 0.2) is 40.6 Å². The van der Waals surface area contributed by atoms with E-state index < -0.39 is 0 Å². The SMILES string of the molecule is CCSc1ccc(C(=O)c2cccc(N)c2)s1. The fourth-order valence-corrected chi connectivity index (χ4v) is 3.49. The molecule has 0 spiro atoms. The summed E-state index contributed by atoms with van der Waals surface area (Å²) >= 11 is 3.29. The van der Waals surface area contributed by atoms with Crippen LogP contribution < -0.4 is 5.73 Å². The van der Waals surface area contributed by atoms with Gasteiger partial charge >= 0.3 is 0 Å². The fraction of sp³-hybridized carbons (Fsp3) is 0.154. The molecule has 4 heteroatoms. The van der Waals surface area contributed by atoms with Crippen molar-refractivity contribution < 1.29 is 4.79 Å². The van der Waals surface area contributed by atoms with E-state index in [0.29, 0.717) is 11.3 Å². The molecule has 17 heavy (non-hydrogen) atoms. The average Bonchev–Trinajstić information content (AvgIpc) is 2.77. The molecule has 2 rings (SSSR count). The quantitative estimate of drug-likeness (QED) is 0.520. The van der Waals surface area contributed by atoms with E-state index in [0.717, 1.165) is 10.6 Å². The molecule has 2 nitrogen and oxygen atoms in total. The van der Waals surface area contributed by atoms with Crippen LogP contribution in [-0.4, -0.2) is 11.5 Å². The van der Waals surface area contributed by atoms with Gasteiger partial charge in [0.15, 0.2) is 0 Å². The number of benzene rings is 1. The van der Waals surface area contributed by atoms with Crippen molar-refractivity contribution in [3.05, 3.63) is 46.8 Å². The number of hydrogen-bond acceptors (Lipinski definition) is 4. The lowest BCUT2D eigenvalue weighted by Gasteiger charge is -1.99. The highest BCUT2D eigenvalue weighted by atomic mass is 32.2. The molecule has 0 fully saturated rings. The first-order valence-corrected chi connectivity index (χ1v) is 7.14. The van der Waals surface area contributed by atoms with Crippen LogP contribution in [-0.2, 0) is 0 Å². The van der Waals surface area contributed by atoms with Gasteiger partial charge in [0.05, 0.1) is 9.09 Å². The van der Waals surface area contributed by atoms with Gasteiger partial charge in [-0.3, -0.25) is 4.79 Å². The second kappa shape index (κ2) is 5.38. The Morgan fingerprint density at radius 2 is 2.18 bits per heavy atom. The van der Waals surface area contributed by atoms with Crippen molar-refractivity contribution in [2.75, 3.05) is 11.5 Å². The monoisotopic (exact) mass is 263 g/mol. The Kier molecular flexibility index (Phi) is 3.86. The van der Waals surface area contributed by atoms with E-state index in [9.17, 15) is 4.79 Å². The molecule has 1 aromatic heterocycles. The summed E-state index contributed by atoms with van der Waals surface area (Å²) in [5, 5.41) is 0. The van der Waals surface area contributed by atoms with E-state index >= 15 is 0 Å². The normalized spacial score (nSPS) is 10.4. The fourth-order valence-electron chi connectivity index (χ4n) is 1.48. The number of rotatable bonds is 4. The zero-order chi connectivity index (χ0) is 12.3. The van der Waals surface area contributed by atoms with Gasteiger partial charge in [0.1, 0.15) is 0 Å². The minimum Gasteiger partial charge on any atom is -0.399 e. The minimum atomic E-state index is 0.0465. The second-order valence-electron chi connectivity index (χ2n) is 3.51. The Labute approximate surface area is 109 Å². The summed E-state index contributed by atoms with van der Waals surface area (Å²) in [6, 6.07) is 11.0. The van der Waals surface area contributed by atoms with Crippen LogP contribution in [0.3, 0.4) is 0 Å². The van der Waals surface area contributed by atoms with Crippen molar-refractivity contribution in [3.8, 4) is 0 Å². The van der Waals surface area contributed by atoms with Gasteiger partial charge in [-0.05, 0) is 30.0 Å². The first-order valence-electron chi connectivity index (χ1n) is 5.33. The molecular formula is C13H13NOS2. The van der Waals surface area contributed by atoms with Crippen LogP contribution >= 0.6 is 23.1 Å². The van der Waals surface area contributed by atoms with E-state index in [1.165, 1.54) is 15.5 Å². The smallest absolute Gasteiger partial charge is 0.203 e. The predicted octanol–water partition coefficient (Wildman–Crippen LogP) is 3.67. The van der Waals surface area contributed by atoms with Crippen molar-refractivity contribution in [3.63, 3.8) is 0 Å². The Morgan fingerprint density at radius 3 is 2.88 bits per heavy atom. The summed E-state index contributed by atoms with van der Waals surface area (Å²) in [5.74, 6) is 1.07. The van der Waals surface area contributed by atoms with Crippen molar-refractivity contribution in [2.24, 2.45) is 0 Å². The van der Waals surface area contributed by atoms with E-state index in [2.05, 4.69) is 6.92 Å². The molecule has 88 valence electrons. The maximum Gasteiger partial charge on any atom is 0.203 e. The topological polar surface area (TPSA) is 43.1 Å². The van der Waals surface area contributed by atoms with Crippen LogP contribution in [0.2, 0.25) is 0 Å². The molecule has 1 aromatic carbocycles. The molecule has 0 aliphatic rings. The third-order valence-electron chi connectivity index (χ3n) is 2.24. The third-order valence-corrected chi connectivity index (χ3v) is 4.43. The molecule has 0 radical (unpaired) electrons. The number of thiophene rings is 1. The first-order chi connectivity index (χ1) is 8.20. The van der Waals surface area contributed by atoms with E-state index in [1.807, 2.05) is 12.1 Å². The molecule has 2 N–H and O–H groups in total. The summed E-state index contributed by atoms with van der Waals surface area (Å²) in [5.41, 5.74) is 6.95. The van der Waals surface area contributed by atoms with Crippen LogP contribution in [0, 0.1) is 0 Å². The van der Waals surface area contributed by atoms with Crippen molar-refractivity contribution >= 4 is 34.6 Å². The highest BCUT2D eigenvalue weighted by Crippen LogP contribution is 2.28. The summed E-state index contributed by atoms with van der Waals surface area (Å²) < 4.78 is 1.18. The average molecular weight is 263 g/mol. The number of hydrogen-bond donors (Lipinski definition) is 1. The number of ketones is 1. The summed E-state index contributed by atoms with van der Waals surface area (Å²) in [6.07, 6.45) is 0. The van der Waals surface area contributed by atoms with Gasteiger partial charge in [-0.2, -0.15) is 0 Å². The number of carbonyl (C=O) groups is 1. The van der Waals surface area contributed by atoms with Crippen LogP contribution in [0.25, 0.3) is 0 Å². The Morgan fingerprint density at radius 1 is 1.35 bits per heavy atom. The number of thioether (sulfide) groups is 1. The zero-order valence-electron chi connectivity index (χ0n) is 9.47. The number of anilines is 1. The van der Waals surface area contributed by atoms with Crippen LogP contribution in [0.4, 0.5) is 5.69 Å². The molecule has 1 heterocycles. The Hall–Kier alpha value is -1.26. The molecule has 0 saturated heterocycles. The maximum absolute atomic E-state index is 12.2. The molecule has 0 unspecified atom stereocenters. The minimum absolute atomic E-state index is 0.0465. The highest BCUT2D eigenvalue weighted by molar-refractivity contribution is 8.01. The Bertz CT molecular complexity index is 534. The van der Waals surface area contributed by atoms with Crippen molar-refractivity contribution in [2.45, 2.75) is 11.1 Å². The van der Waals surface area contributed by atoms with Gasteiger partial charge in [-0.25, -0.2) is 0 Å². The highest BCUT2D eigenvalue weighted by Gasteiger charge is 2.11. The summed E-state index contributed by atoms with van der Waals surface area (Å²) in [6.45, 7) is 2.10. The lowest BCUT2D eigenvalue weighted by atomic mass is 10.1. The summed E-state index contributed by atoms with van der Waals surface area (Å²) in [4.78, 5) is 12.9. The molecule has 0 bridgehead atoms. The van der Waals surface area contributed by atoms with Crippen LogP contribution in [0.1, 0.15) is 22.2 Å². The van der Waals surface area contributed by atoms with Gasteiger partial charge in [-0.15, -0.1) is 23.1 Å². The Balaban J connectivity index is 2.24. The number of nitrogens with two attached hydrogens (primary N) is 1. The lowest BCUT2D eigenvalue weighted by Crippen LogP contribution is -1.99. The van der Waals surface area contributed by atoms with E-state index in [1.54, 1.807) is 36.0 Å². The number of nitrogen functional groups attached to an aromatic ring is 1. The molecule has 0 amide bonds. The van der Waals surface area contributed by atoms with E-state index in [-0.39, 0.29) is 5.78 Å². The van der Waals surface area contributed by atoms with Gasteiger partial charge in [-0.1, -0.05) is 19.1 Å². The summed E-state index contributed by atoms with van der Waals surface area (Å²) in [7, 11) is 0. The second-order valence-corrected chi connectivity index (χ2v) is 6.15. The van der Waals surface area contributed by atoms with Crippen molar-refractivity contribution in [1.29, 1.82) is 0 Å².